The smallest absolute Gasteiger partial charge is 0.418 e. The first-order valence-corrected chi connectivity index (χ1v) is 11.7. The highest BCUT2D eigenvalue weighted by atomic mass is 35.5. The number of anilines is 2. The van der Waals surface area contributed by atoms with Crippen LogP contribution in [0.4, 0.5) is 24.5 Å². The van der Waals surface area contributed by atoms with Crippen LogP contribution in [-0.4, -0.2) is 28.0 Å². The summed E-state index contributed by atoms with van der Waals surface area (Å²) in [6, 6.07) is 14.0. The van der Waals surface area contributed by atoms with Gasteiger partial charge in [-0.25, -0.2) is 8.42 Å². The van der Waals surface area contributed by atoms with Gasteiger partial charge in [-0.2, -0.15) is 13.2 Å². The largest absolute Gasteiger partial charge is 0.497 e. The van der Waals surface area contributed by atoms with Gasteiger partial charge in [0.1, 0.15) is 12.3 Å². The topological polar surface area (TPSA) is 75.7 Å². The average molecular weight is 533 g/mol. The molecule has 0 aliphatic heterocycles. The van der Waals surface area contributed by atoms with Crippen molar-refractivity contribution in [1.82, 2.24) is 0 Å². The SMILES string of the molecule is COc1ccc(S(=O)(=O)N(CC(=O)Nc2ccc(Cl)cc2C(F)(F)F)c2cccc(Cl)c2)cc1. The molecule has 0 atom stereocenters. The standard InChI is InChI=1S/C22H17Cl2F3N2O4S/c1-33-17-6-8-18(9-7-17)34(31,32)29(16-4-2-3-14(23)11-16)13-21(30)28-20-10-5-15(24)12-19(20)22(25,26)27/h2-12H,13H2,1H3,(H,28,30). The van der Waals surface area contributed by atoms with Gasteiger partial charge in [0, 0.05) is 10.0 Å². The van der Waals surface area contributed by atoms with Crippen LogP contribution in [-0.2, 0) is 21.0 Å². The van der Waals surface area contributed by atoms with Crippen molar-refractivity contribution in [2.24, 2.45) is 0 Å². The summed E-state index contributed by atoms with van der Waals surface area (Å²) in [7, 11) is -2.90. The first-order valence-electron chi connectivity index (χ1n) is 9.51. The molecule has 0 heterocycles. The molecule has 3 aromatic rings. The molecule has 0 saturated heterocycles. The zero-order valence-corrected chi connectivity index (χ0v) is 19.8. The van der Waals surface area contributed by atoms with E-state index in [0.717, 1.165) is 10.4 Å². The van der Waals surface area contributed by atoms with E-state index in [0.29, 0.717) is 11.8 Å². The molecule has 0 aliphatic carbocycles. The molecule has 0 aliphatic rings. The van der Waals surface area contributed by atoms with Gasteiger partial charge in [0.25, 0.3) is 10.0 Å². The third-order valence-electron chi connectivity index (χ3n) is 4.59. The van der Waals surface area contributed by atoms with Gasteiger partial charge in [-0.15, -0.1) is 0 Å². The van der Waals surface area contributed by atoms with Crippen LogP contribution in [0, 0.1) is 0 Å². The molecule has 0 aromatic heterocycles. The number of amides is 1. The molecule has 0 fully saturated rings. The maximum Gasteiger partial charge on any atom is 0.418 e. The molecule has 0 radical (unpaired) electrons. The van der Waals surface area contributed by atoms with E-state index in [2.05, 4.69) is 5.32 Å². The normalized spacial score (nSPS) is 11.7. The molecule has 3 rings (SSSR count). The van der Waals surface area contributed by atoms with Gasteiger partial charge >= 0.3 is 6.18 Å². The van der Waals surface area contributed by atoms with Gasteiger partial charge < -0.3 is 10.1 Å². The van der Waals surface area contributed by atoms with Crippen LogP contribution in [0.1, 0.15) is 5.56 Å². The maximum atomic E-state index is 13.4. The number of halogens is 5. The van der Waals surface area contributed by atoms with E-state index in [9.17, 15) is 26.4 Å². The van der Waals surface area contributed by atoms with Gasteiger partial charge in [-0.05, 0) is 60.7 Å². The fourth-order valence-electron chi connectivity index (χ4n) is 3.00. The molecule has 0 unspecified atom stereocenters. The zero-order valence-electron chi connectivity index (χ0n) is 17.4. The molecule has 1 N–H and O–H groups in total. The first kappa shape index (κ1) is 25.7. The number of nitrogens with one attached hydrogen (secondary N) is 1. The Bertz CT molecular complexity index is 1300. The number of hydrogen-bond acceptors (Lipinski definition) is 4. The van der Waals surface area contributed by atoms with E-state index in [1.54, 1.807) is 0 Å². The van der Waals surface area contributed by atoms with Crippen LogP contribution >= 0.6 is 23.2 Å². The van der Waals surface area contributed by atoms with Crippen molar-refractivity contribution in [3.63, 3.8) is 0 Å². The predicted octanol–water partition coefficient (Wildman–Crippen LogP) is 5.85. The Kier molecular flexibility index (Phi) is 7.64. The second kappa shape index (κ2) is 10.1. The van der Waals surface area contributed by atoms with Crippen molar-refractivity contribution in [2.75, 3.05) is 23.3 Å². The predicted molar refractivity (Wildman–Crippen MR) is 124 cm³/mol. The summed E-state index contributed by atoms with van der Waals surface area (Å²) in [5.41, 5.74) is -1.68. The lowest BCUT2D eigenvalue weighted by molar-refractivity contribution is -0.137. The lowest BCUT2D eigenvalue weighted by atomic mass is 10.1. The van der Waals surface area contributed by atoms with Crippen molar-refractivity contribution in [2.45, 2.75) is 11.1 Å². The van der Waals surface area contributed by atoms with Gasteiger partial charge in [-0.1, -0.05) is 29.3 Å². The molecule has 3 aromatic carbocycles. The third-order valence-corrected chi connectivity index (χ3v) is 6.85. The van der Waals surface area contributed by atoms with Gasteiger partial charge in [0.05, 0.1) is 28.9 Å². The minimum atomic E-state index is -4.80. The number of carbonyl (C=O) groups is 1. The lowest BCUT2D eigenvalue weighted by Crippen LogP contribution is -2.38. The summed E-state index contributed by atoms with van der Waals surface area (Å²) >= 11 is 11.7. The second-order valence-electron chi connectivity index (χ2n) is 6.90. The summed E-state index contributed by atoms with van der Waals surface area (Å²) < 4.78 is 72.7. The average Bonchev–Trinajstić information content (AvgIpc) is 2.78. The molecule has 6 nitrogen and oxygen atoms in total. The number of methoxy groups -OCH3 is 1. The highest BCUT2D eigenvalue weighted by Crippen LogP contribution is 2.36. The number of benzene rings is 3. The molecule has 34 heavy (non-hydrogen) atoms. The molecule has 180 valence electrons. The summed E-state index contributed by atoms with van der Waals surface area (Å²) in [5, 5.41) is 2.15. The number of alkyl halides is 3. The molecular formula is C22H17Cl2F3N2O4S. The Balaban J connectivity index is 1.98. The van der Waals surface area contributed by atoms with Crippen LogP contribution in [0.15, 0.2) is 71.6 Å². The second-order valence-corrected chi connectivity index (χ2v) is 9.64. The number of rotatable bonds is 7. The highest BCUT2D eigenvalue weighted by molar-refractivity contribution is 7.92. The third kappa shape index (κ3) is 5.94. The van der Waals surface area contributed by atoms with Crippen molar-refractivity contribution in [3.8, 4) is 5.75 Å². The minimum Gasteiger partial charge on any atom is -0.497 e. The van der Waals surface area contributed by atoms with Crippen molar-refractivity contribution < 1.29 is 31.1 Å². The van der Waals surface area contributed by atoms with Crippen LogP contribution in [0.25, 0.3) is 0 Å². The molecule has 0 spiro atoms. The van der Waals surface area contributed by atoms with Crippen LogP contribution in [0.5, 0.6) is 5.75 Å². The Morgan fingerprint density at radius 2 is 1.65 bits per heavy atom. The van der Waals surface area contributed by atoms with Crippen LogP contribution in [0.2, 0.25) is 10.0 Å². The van der Waals surface area contributed by atoms with E-state index in [4.69, 9.17) is 27.9 Å². The summed E-state index contributed by atoms with van der Waals surface area (Å²) in [4.78, 5) is 12.6. The van der Waals surface area contributed by atoms with Gasteiger partial charge in [-0.3, -0.25) is 9.10 Å². The zero-order chi connectivity index (χ0) is 25.1. The highest BCUT2D eigenvalue weighted by Gasteiger charge is 2.35. The van der Waals surface area contributed by atoms with Crippen molar-refractivity contribution in [1.29, 1.82) is 0 Å². The summed E-state index contributed by atoms with van der Waals surface area (Å²) in [6.45, 7) is -0.825. The van der Waals surface area contributed by atoms with E-state index < -0.39 is 39.9 Å². The van der Waals surface area contributed by atoms with E-state index >= 15 is 0 Å². The lowest BCUT2D eigenvalue weighted by Gasteiger charge is -2.24. The van der Waals surface area contributed by atoms with Crippen molar-refractivity contribution in [3.05, 3.63) is 82.3 Å². The molecule has 12 heteroatoms. The van der Waals surface area contributed by atoms with E-state index in [1.165, 1.54) is 61.7 Å². The fourth-order valence-corrected chi connectivity index (χ4v) is 4.77. The van der Waals surface area contributed by atoms with E-state index in [-0.39, 0.29) is 20.6 Å². The Morgan fingerprint density at radius 3 is 2.24 bits per heavy atom. The monoisotopic (exact) mass is 532 g/mol. The van der Waals surface area contributed by atoms with Crippen LogP contribution in [0.3, 0.4) is 0 Å². The minimum absolute atomic E-state index is 0.0469. The molecular weight excluding hydrogens is 516 g/mol. The summed E-state index contributed by atoms with van der Waals surface area (Å²) in [6.07, 6.45) is -4.80. The van der Waals surface area contributed by atoms with Crippen molar-refractivity contribution >= 4 is 50.5 Å². The van der Waals surface area contributed by atoms with Gasteiger partial charge in [0.2, 0.25) is 5.91 Å². The van der Waals surface area contributed by atoms with E-state index in [1.807, 2.05) is 0 Å². The number of sulfonamides is 1. The molecule has 0 bridgehead atoms. The first-order chi connectivity index (χ1) is 15.9. The number of hydrogen-bond donors (Lipinski definition) is 1. The summed E-state index contributed by atoms with van der Waals surface area (Å²) in [5.74, 6) is -0.599. The Labute approximate surface area is 203 Å². The maximum absolute atomic E-state index is 13.4. The molecule has 0 saturated carbocycles. The van der Waals surface area contributed by atoms with Crippen LogP contribution < -0.4 is 14.4 Å². The fraction of sp³-hybridized carbons (Fsp3) is 0.136. The molecule has 1 amide bonds. The number of ether oxygens (including phenoxy) is 1. The Hall–Kier alpha value is -2.95. The quantitative estimate of drug-likeness (QED) is 0.413. The van der Waals surface area contributed by atoms with Gasteiger partial charge in [0.15, 0.2) is 0 Å². The number of carbonyl (C=O) groups excluding carboxylic acids is 1. The Morgan fingerprint density at radius 1 is 1.00 bits per heavy atom. The number of nitrogens with zero attached hydrogens (tertiary/aromatic N) is 1.